The van der Waals surface area contributed by atoms with E-state index >= 15 is 0 Å². The fourth-order valence-electron chi connectivity index (χ4n) is 5.02. The topological polar surface area (TPSA) is 65.9 Å². The fourth-order valence-corrected chi connectivity index (χ4v) is 5.91. The smallest absolute Gasteiger partial charge is 0.265 e. The molecule has 0 radical (unpaired) electrons. The second kappa shape index (κ2) is 7.78. The van der Waals surface area contributed by atoms with Gasteiger partial charge in [0.15, 0.2) is 0 Å². The molecule has 0 saturated carbocycles. The number of rotatable bonds is 4. The summed E-state index contributed by atoms with van der Waals surface area (Å²) < 4.78 is 6.17. The van der Waals surface area contributed by atoms with Crippen LogP contribution in [0.2, 0.25) is 0 Å². The summed E-state index contributed by atoms with van der Waals surface area (Å²) in [5.74, 6) is 0.145. The first kappa shape index (κ1) is 19.3. The zero-order valence-electron chi connectivity index (χ0n) is 16.4. The summed E-state index contributed by atoms with van der Waals surface area (Å²) in [4.78, 5) is 22.4. The molecule has 1 N–H and O–H groups in total. The van der Waals surface area contributed by atoms with E-state index in [1.165, 1.54) is 17.8 Å². The van der Waals surface area contributed by atoms with Crippen molar-refractivity contribution in [1.29, 1.82) is 0 Å². The van der Waals surface area contributed by atoms with Crippen LogP contribution in [0.4, 0.5) is 0 Å². The molecule has 0 unspecified atom stereocenters. The van der Waals surface area contributed by atoms with Crippen molar-refractivity contribution < 1.29 is 14.6 Å². The lowest BCUT2D eigenvalue weighted by Crippen LogP contribution is -2.44. The number of aryl methyl sites for hydroxylation is 2. The monoisotopic (exact) mass is 393 g/mol. The van der Waals surface area contributed by atoms with Crippen molar-refractivity contribution in [2.75, 3.05) is 39.4 Å². The lowest BCUT2D eigenvalue weighted by Gasteiger charge is -2.38. The molecule has 7 heteroatoms. The molecule has 3 saturated heterocycles. The molecule has 1 spiro atoms. The molecule has 1 aromatic heterocycles. The summed E-state index contributed by atoms with van der Waals surface area (Å²) >= 11 is 1.51. The molecule has 3 fully saturated rings. The molecule has 4 rings (SSSR count). The van der Waals surface area contributed by atoms with Gasteiger partial charge in [-0.05, 0) is 57.9 Å². The number of aliphatic hydroxyl groups excluding tert-OH is 1. The number of thiazole rings is 1. The van der Waals surface area contributed by atoms with E-state index < -0.39 is 0 Å². The zero-order valence-corrected chi connectivity index (χ0v) is 17.3. The molecule has 1 aromatic rings. The number of aromatic nitrogens is 1. The van der Waals surface area contributed by atoms with Crippen LogP contribution in [-0.4, -0.2) is 77.3 Å². The third-order valence-corrected chi connectivity index (χ3v) is 7.70. The third-order valence-electron chi connectivity index (χ3n) is 6.64. The van der Waals surface area contributed by atoms with Gasteiger partial charge >= 0.3 is 0 Å². The maximum Gasteiger partial charge on any atom is 0.265 e. The number of carbonyl (C=O) groups is 1. The summed E-state index contributed by atoms with van der Waals surface area (Å²) in [5.41, 5.74) is 1.09. The average Bonchev–Trinajstić information content (AvgIpc) is 3.35. The first-order valence-electron chi connectivity index (χ1n) is 10.2. The van der Waals surface area contributed by atoms with Crippen LogP contribution >= 0.6 is 11.3 Å². The number of carbonyl (C=O) groups excluding carboxylic acids is 1. The summed E-state index contributed by atoms with van der Waals surface area (Å²) in [6.07, 6.45) is 5.68. The highest BCUT2D eigenvalue weighted by Crippen LogP contribution is 2.42. The van der Waals surface area contributed by atoms with Crippen molar-refractivity contribution in [2.24, 2.45) is 5.41 Å². The van der Waals surface area contributed by atoms with Gasteiger partial charge in [0.2, 0.25) is 0 Å². The molecular formula is C20H31N3O3S. The highest BCUT2D eigenvalue weighted by molar-refractivity contribution is 7.13. The Labute approximate surface area is 165 Å². The average molecular weight is 394 g/mol. The fraction of sp³-hybridized carbons (Fsp3) is 0.800. The molecule has 2 atom stereocenters. The van der Waals surface area contributed by atoms with E-state index in [0.717, 1.165) is 74.0 Å². The highest BCUT2D eigenvalue weighted by atomic mass is 32.1. The largest absolute Gasteiger partial charge is 0.395 e. The minimum absolute atomic E-state index is 0.145. The molecule has 1 amide bonds. The quantitative estimate of drug-likeness (QED) is 0.850. The van der Waals surface area contributed by atoms with Gasteiger partial charge in [0.25, 0.3) is 5.91 Å². The number of hydrogen-bond acceptors (Lipinski definition) is 6. The molecule has 6 nitrogen and oxygen atoms in total. The van der Waals surface area contributed by atoms with Crippen LogP contribution in [0.25, 0.3) is 0 Å². The molecule has 150 valence electrons. The van der Waals surface area contributed by atoms with Gasteiger partial charge in [-0.25, -0.2) is 4.98 Å². The van der Waals surface area contributed by atoms with E-state index in [2.05, 4.69) is 9.88 Å². The summed E-state index contributed by atoms with van der Waals surface area (Å²) in [7, 11) is 0. The minimum atomic E-state index is 0.145. The predicted octanol–water partition coefficient (Wildman–Crippen LogP) is 2.23. The lowest BCUT2D eigenvalue weighted by atomic mass is 9.76. The number of piperidine rings is 1. The van der Waals surface area contributed by atoms with Crippen molar-refractivity contribution in [3.63, 3.8) is 0 Å². The van der Waals surface area contributed by atoms with Crippen molar-refractivity contribution in [1.82, 2.24) is 14.8 Å². The number of aliphatic hydroxyl groups is 1. The zero-order chi connectivity index (χ0) is 19.0. The minimum Gasteiger partial charge on any atom is -0.395 e. The Morgan fingerprint density at radius 3 is 2.78 bits per heavy atom. The summed E-state index contributed by atoms with van der Waals surface area (Å²) in [5, 5.41) is 10.5. The van der Waals surface area contributed by atoms with Gasteiger partial charge in [-0.1, -0.05) is 0 Å². The molecule has 3 aliphatic rings. The van der Waals surface area contributed by atoms with E-state index in [-0.39, 0.29) is 24.0 Å². The van der Waals surface area contributed by atoms with Crippen LogP contribution in [0.15, 0.2) is 0 Å². The van der Waals surface area contributed by atoms with Gasteiger partial charge in [0.1, 0.15) is 4.88 Å². The van der Waals surface area contributed by atoms with Crippen LogP contribution in [0.3, 0.4) is 0 Å². The van der Waals surface area contributed by atoms with E-state index in [4.69, 9.17) is 4.74 Å². The molecular weight excluding hydrogens is 362 g/mol. The Kier molecular flexibility index (Phi) is 5.56. The molecule has 0 bridgehead atoms. The van der Waals surface area contributed by atoms with E-state index in [9.17, 15) is 9.90 Å². The predicted molar refractivity (Wildman–Crippen MR) is 105 cm³/mol. The number of amides is 1. The Hall–Kier alpha value is -1.02. The molecule has 3 aliphatic heterocycles. The maximum atomic E-state index is 12.8. The van der Waals surface area contributed by atoms with Gasteiger partial charge in [-0.3, -0.25) is 9.69 Å². The van der Waals surface area contributed by atoms with Gasteiger partial charge in [-0.15, -0.1) is 11.3 Å². The molecule has 0 aliphatic carbocycles. The van der Waals surface area contributed by atoms with Gasteiger partial charge in [0.05, 0.1) is 30.0 Å². The summed E-state index contributed by atoms with van der Waals surface area (Å²) in [6, 6.07) is 0.315. The number of likely N-dealkylation sites (tertiary alicyclic amines) is 2. The van der Waals surface area contributed by atoms with Crippen LogP contribution in [0.1, 0.15) is 52.5 Å². The normalized spacial score (nSPS) is 28.3. The van der Waals surface area contributed by atoms with Crippen molar-refractivity contribution in [2.45, 2.75) is 58.1 Å². The molecule has 0 aromatic carbocycles. The number of nitrogens with zero attached hydrogens (tertiary/aromatic N) is 3. The van der Waals surface area contributed by atoms with Gasteiger partial charge in [0, 0.05) is 25.7 Å². The first-order chi connectivity index (χ1) is 13.0. The van der Waals surface area contributed by atoms with Crippen molar-refractivity contribution in [3.05, 3.63) is 15.6 Å². The van der Waals surface area contributed by atoms with Crippen molar-refractivity contribution in [3.8, 4) is 0 Å². The second-order valence-electron chi connectivity index (χ2n) is 8.55. The van der Waals surface area contributed by atoms with E-state index in [1.807, 2.05) is 18.7 Å². The lowest BCUT2D eigenvalue weighted by molar-refractivity contribution is 0.0402. The van der Waals surface area contributed by atoms with Crippen LogP contribution < -0.4 is 0 Å². The number of hydrogen-bond donors (Lipinski definition) is 1. The van der Waals surface area contributed by atoms with Gasteiger partial charge in [-0.2, -0.15) is 0 Å². The van der Waals surface area contributed by atoms with E-state index in [1.54, 1.807) is 0 Å². The Morgan fingerprint density at radius 1 is 1.33 bits per heavy atom. The van der Waals surface area contributed by atoms with Crippen molar-refractivity contribution >= 4 is 17.2 Å². The number of ether oxygens (including phenoxy) is 1. The summed E-state index contributed by atoms with van der Waals surface area (Å²) in [6.45, 7) is 8.60. The SMILES string of the molecule is Cc1nc(C)c(C(=O)N2CCC3(CC2)CO[C@@H](CN2CCC[C@H]2CO)C3)s1. The standard InChI is InChI=1S/C20H31N3O3S/c1-14-18(27-15(2)21-14)19(25)22-8-5-20(6-9-22)10-17(26-13-20)11-23-7-3-4-16(23)12-24/h16-17,24H,3-13H2,1-2H3/t16-,17+/m0/s1. The van der Waals surface area contributed by atoms with Crippen LogP contribution in [0.5, 0.6) is 0 Å². The highest BCUT2D eigenvalue weighted by Gasteiger charge is 2.44. The maximum absolute atomic E-state index is 12.8. The Morgan fingerprint density at radius 2 is 2.11 bits per heavy atom. The van der Waals surface area contributed by atoms with Crippen LogP contribution in [0, 0.1) is 19.3 Å². The molecule has 4 heterocycles. The Bertz CT molecular complexity index is 684. The van der Waals surface area contributed by atoms with Gasteiger partial charge < -0.3 is 14.7 Å². The first-order valence-corrected chi connectivity index (χ1v) is 11.0. The molecule has 27 heavy (non-hydrogen) atoms. The van der Waals surface area contributed by atoms with Crippen LogP contribution in [-0.2, 0) is 4.74 Å². The Balaban J connectivity index is 1.31. The van der Waals surface area contributed by atoms with E-state index in [0.29, 0.717) is 6.04 Å². The third kappa shape index (κ3) is 3.92. The second-order valence-corrected chi connectivity index (χ2v) is 9.75.